The Morgan fingerprint density at radius 3 is 2.38 bits per heavy atom. The Hall–Kier alpha value is -1.22. The van der Waals surface area contributed by atoms with E-state index in [1.165, 1.54) is 0 Å². The van der Waals surface area contributed by atoms with Gasteiger partial charge in [-0.05, 0) is 38.5 Å². The standard InChI is InChI=1S/C12H16ClNO2/c1-12(2,3)16-11(15)14-8-9-4-6-10(13)7-5-9/h4-7H,8H2,1-3H3,(H,14,15). The number of carbonyl (C=O) groups is 1. The molecule has 0 aliphatic carbocycles. The largest absolute Gasteiger partial charge is 0.444 e. The Kier molecular flexibility index (Phi) is 4.19. The molecule has 0 bridgehead atoms. The normalized spacial score (nSPS) is 11.0. The molecule has 0 atom stereocenters. The Labute approximate surface area is 101 Å². The molecular weight excluding hydrogens is 226 g/mol. The van der Waals surface area contributed by atoms with Crippen LogP contribution in [0, 0.1) is 0 Å². The van der Waals surface area contributed by atoms with Gasteiger partial charge < -0.3 is 10.1 Å². The molecule has 1 aromatic carbocycles. The van der Waals surface area contributed by atoms with Crippen LogP contribution >= 0.6 is 11.6 Å². The van der Waals surface area contributed by atoms with Crippen LogP contribution in [0.4, 0.5) is 4.79 Å². The highest BCUT2D eigenvalue weighted by molar-refractivity contribution is 6.30. The van der Waals surface area contributed by atoms with E-state index in [4.69, 9.17) is 16.3 Å². The first-order valence-electron chi connectivity index (χ1n) is 5.08. The molecule has 0 saturated heterocycles. The minimum atomic E-state index is -0.468. The third-order valence-corrected chi connectivity index (χ3v) is 2.00. The van der Waals surface area contributed by atoms with Crippen LogP contribution < -0.4 is 5.32 Å². The zero-order chi connectivity index (χ0) is 12.2. The van der Waals surface area contributed by atoms with Gasteiger partial charge in [-0.25, -0.2) is 4.79 Å². The minimum Gasteiger partial charge on any atom is -0.444 e. The molecule has 0 fully saturated rings. The maximum absolute atomic E-state index is 11.3. The summed E-state index contributed by atoms with van der Waals surface area (Å²) in [6, 6.07) is 7.29. The molecule has 0 spiro atoms. The molecule has 1 amide bonds. The number of ether oxygens (including phenoxy) is 1. The smallest absolute Gasteiger partial charge is 0.407 e. The van der Waals surface area contributed by atoms with Crippen molar-refractivity contribution in [2.24, 2.45) is 0 Å². The highest BCUT2D eigenvalue weighted by atomic mass is 35.5. The SMILES string of the molecule is CC(C)(C)OC(=O)NCc1ccc(Cl)cc1. The number of halogens is 1. The van der Waals surface area contributed by atoms with Crippen LogP contribution in [0.25, 0.3) is 0 Å². The highest BCUT2D eigenvalue weighted by Crippen LogP contribution is 2.10. The van der Waals surface area contributed by atoms with Crippen molar-refractivity contribution >= 4 is 17.7 Å². The van der Waals surface area contributed by atoms with E-state index in [1.807, 2.05) is 32.9 Å². The number of carbonyl (C=O) groups excluding carboxylic acids is 1. The molecule has 3 nitrogen and oxygen atoms in total. The Bertz CT molecular complexity index is 354. The average molecular weight is 242 g/mol. The van der Waals surface area contributed by atoms with E-state index in [-0.39, 0.29) is 0 Å². The molecule has 1 N–H and O–H groups in total. The van der Waals surface area contributed by atoms with Gasteiger partial charge in [-0.15, -0.1) is 0 Å². The molecule has 1 aromatic rings. The Balaban J connectivity index is 2.40. The number of rotatable bonds is 2. The van der Waals surface area contributed by atoms with Gasteiger partial charge in [-0.1, -0.05) is 23.7 Å². The number of hydrogen-bond donors (Lipinski definition) is 1. The summed E-state index contributed by atoms with van der Waals surface area (Å²) in [6.07, 6.45) is -0.414. The first-order chi connectivity index (χ1) is 7.37. The second-order valence-corrected chi connectivity index (χ2v) is 4.92. The van der Waals surface area contributed by atoms with Crippen molar-refractivity contribution in [3.05, 3.63) is 34.9 Å². The third-order valence-electron chi connectivity index (χ3n) is 1.75. The van der Waals surface area contributed by atoms with Gasteiger partial charge in [0.25, 0.3) is 0 Å². The molecule has 0 unspecified atom stereocenters. The zero-order valence-corrected chi connectivity index (χ0v) is 10.5. The van der Waals surface area contributed by atoms with E-state index < -0.39 is 11.7 Å². The fraction of sp³-hybridized carbons (Fsp3) is 0.417. The minimum absolute atomic E-state index is 0.414. The van der Waals surface area contributed by atoms with Crippen LogP contribution in [0.2, 0.25) is 5.02 Å². The van der Waals surface area contributed by atoms with E-state index in [9.17, 15) is 4.79 Å². The topological polar surface area (TPSA) is 38.3 Å². The number of hydrogen-bond acceptors (Lipinski definition) is 2. The molecule has 0 radical (unpaired) electrons. The average Bonchev–Trinajstić information content (AvgIpc) is 2.14. The van der Waals surface area contributed by atoms with Crippen LogP contribution in [-0.2, 0) is 11.3 Å². The predicted molar refractivity (Wildman–Crippen MR) is 64.5 cm³/mol. The summed E-state index contributed by atoms with van der Waals surface area (Å²) in [7, 11) is 0. The zero-order valence-electron chi connectivity index (χ0n) is 9.71. The van der Waals surface area contributed by atoms with Gasteiger partial charge in [0.2, 0.25) is 0 Å². The molecule has 0 aliphatic heterocycles. The number of amides is 1. The lowest BCUT2D eigenvalue weighted by Gasteiger charge is -2.19. The first kappa shape index (κ1) is 12.8. The van der Waals surface area contributed by atoms with E-state index in [0.717, 1.165) is 5.56 Å². The molecule has 0 aliphatic rings. The number of nitrogens with one attached hydrogen (secondary N) is 1. The van der Waals surface area contributed by atoms with Crippen molar-refractivity contribution in [1.82, 2.24) is 5.32 Å². The van der Waals surface area contributed by atoms with Gasteiger partial charge in [-0.2, -0.15) is 0 Å². The summed E-state index contributed by atoms with van der Waals surface area (Å²) >= 11 is 5.75. The molecule has 1 rings (SSSR count). The molecule has 0 saturated carbocycles. The highest BCUT2D eigenvalue weighted by Gasteiger charge is 2.15. The van der Waals surface area contributed by atoms with Crippen molar-refractivity contribution in [2.75, 3.05) is 0 Å². The summed E-state index contributed by atoms with van der Waals surface area (Å²) in [6.45, 7) is 5.92. The quantitative estimate of drug-likeness (QED) is 0.862. The third kappa shape index (κ3) is 5.03. The summed E-state index contributed by atoms with van der Waals surface area (Å²) in [5.74, 6) is 0. The summed E-state index contributed by atoms with van der Waals surface area (Å²) in [5, 5.41) is 3.35. The van der Waals surface area contributed by atoms with Crippen LogP contribution in [0.3, 0.4) is 0 Å². The van der Waals surface area contributed by atoms with Crippen LogP contribution in [0.1, 0.15) is 26.3 Å². The Morgan fingerprint density at radius 1 is 1.31 bits per heavy atom. The van der Waals surface area contributed by atoms with Gasteiger partial charge in [0.15, 0.2) is 0 Å². The second kappa shape index (κ2) is 5.21. The fourth-order valence-electron chi connectivity index (χ4n) is 1.09. The van der Waals surface area contributed by atoms with Crippen LogP contribution in [0.5, 0.6) is 0 Å². The first-order valence-corrected chi connectivity index (χ1v) is 5.46. The number of benzene rings is 1. The molecule has 0 heterocycles. The van der Waals surface area contributed by atoms with E-state index in [0.29, 0.717) is 11.6 Å². The van der Waals surface area contributed by atoms with Gasteiger partial charge in [0.05, 0.1) is 0 Å². The van der Waals surface area contributed by atoms with Crippen molar-refractivity contribution < 1.29 is 9.53 Å². The lowest BCUT2D eigenvalue weighted by atomic mass is 10.2. The van der Waals surface area contributed by atoms with Crippen molar-refractivity contribution in [1.29, 1.82) is 0 Å². The van der Waals surface area contributed by atoms with Crippen LogP contribution in [-0.4, -0.2) is 11.7 Å². The van der Waals surface area contributed by atoms with E-state index >= 15 is 0 Å². The summed E-state index contributed by atoms with van der Waals surface area (Å²) < 4.78 is 5.11. The molecule has 0 aromatic heterocycles. The molecule has 16 heavy (non-hydrogen) atoms. The van der Waals surface area contributed by atoms with Crippen molar-refractivity contribution in [3.8, 4) is 0 Å². The van der Waals surface area contributed by atoms with Crippen LogP contribution in [0.15, 0.2) is 24.3 Å². The van der Waals surface area contributed by atoms with Crippen molar-refractivity contribution in [2.45, 2.75) is 32.9 Å². The van der Waals surface area contributed by atoms with Gasteiger partial charge in [0, 0.05) is 11.6 Å². The summed E-state index contributed by atoms with van der Waals surface area (Å²) in [4.78, 5) is 11.3. The summed E-state index contributed by atoms with van der Waals surface area (Å²) in [5.41, 5.74) is 0.514. The maximum atomic E-state index is 11.3. The number of alkyl carbamates (subject to hydrolysis) is 1. The van der Waals surface area contributed by atoms with Gasteiger partial charge in [-0.3, -0.25) is 0 Å². The lowest BCUT2D eigenvalue weighted by molar-refractivity contribution is 0.0523. The van der Waals surface area contributed by atoms with Gasteiger partial charge >= 0.3 is 6.09 Å². The Morgan fingerprint density at radius 2 is 1.88 bits per heavy atom. The molecule has 4 heteroatoms. The predicted octanol–water partition coefficient (Wildman–Crippen LogP) is 3.36. The van der Waals surface area contributed by atoms with E-state index in [1.54, 1.807) is 12.1 Å². The van der Waals surface area contributed by atoms with Crippen molar-refractivity contribution in [3.63, 3.8) is 0 Å². The fourth-order valence-corrected chi connectivity index (χ4v) is 1.22. The van der Waals surface area contributed by atoms with E-state index in [2.05, 4.69) is 5.32 Å². The molecular formula is C12H16ClNO2. The monoisotopic (exact) mass is 241 g/mol. The van der Waals surface area contributed by atoms with Gasteiger partial charge in [0.1, 0.15) is 5.60 Å². The maximum Gasteiger partial charge on any atom is 0.407 e. The second-order valence-electron chi connectivity index (χ2n) is 4.48. The molecule has 88 valence electrons. The lowest BCUT2D eigenvalue weighted by Crippen LogP contribution is -2.32.